The highest BCUT2D eigenvalue weighted by Gasteiger charge is 2.33. The first-order valence-corrected chi connectivity index (χ1v) is 11.3. The summed E-state index contributed by atoms with van der Waals surface area (Å²) in [6.45, 7) is 5.04. The Hall–Kier alpha value is -2.93. The van der Waals surface area contributed by atoms with Gasteiger partial charge in [-0.1, -0.05) is 66.7 Å². The topological polar surface area (TPSA) is 55.8 Å². The highest BCUT2D eigenvalue weighted by atomic mass is 35.5. The van der Waals surface area contributed by atoms with Crippen LogP contribution in [0.2, 0.25) is 5.02 Å². The van der Waals surface area contributed by atoms with Gasteiger partial charge < -0.3 is 9.47 Å². The summed E-state index contributed by atoms with van der Waals surface area (Å²) in [4.78, 5) is 28.4. The number of hydrogen-bond acceptors (Lipinski definition) is 6. The van der Waals surface area contributed by atoms with Crippen molar-refractivity contribution in [3.05, 3.63) is 93.8 Å². The molecule has 2 heterocycles. The number of carbonyl (C=O) groups excluding carboxylic acids is 2. The first kappa shape index (κ1) is 22.3. The normalized spacial score (nSPS) is 14.3. The largest absolute Gasteiger partial charge is 0.468 e. The van der Waals surface area contributed by atoms with Gasteiger partial charge in [0.15, 0.2) is 5.06 Å². The lowest BCUT2D eigenvalue weighted by Crippen LogP contribution is -2.38. The molecule has 0 amide bonds. The van der Waals surface area contributed by atoms with Gasteiger partial charge in [-0.25, -0.2) is 9.59 Å². The summed E-state index contributed by atoms with van der Waals surface area (Å²) >= 11 is 7.83. The zero-order valence-corrected chi connectivity index (χ0v) is 19.1. The predicted octanol–water partition coefficient (Wildman–Crippen LogP) is 5.29. The molecule has 0 fully saturated rings. The number of hydrogen-bond donors (Lipinski definition) is 0. The minimum absolute atomic E-state index is 0.308. The second-order valence-electron chi connectivity index (χ2n) is 7.42. The van der Waals surface area contributed by atoms with Crippen molar-refractivity contribution in [1.29, 1.82) is 0 Å². The summed E-state index contributed by atoms with van der Waals surface area (Å²) in [7, 11) is 1.38. The molecular weight excluding hydrogens is 446 g/mol. The Balaban J connectivity index is 1.52. The number of ether oxygens (including phenoxy) is 2. The monoisotopic (exact) mass is 467 g/mol. The summed E-state index contributed by atoms with van der Waals surface area (Å²) < 4.78 is 10.7. The van der Waals surface area contributed by atoms with E-state index in [1.807, 2.05) is 59.5 Å². The molecular formula is C25H22ClNO4S. The van der Waals surface area contributed by atoms with E-state index in [9.17, 15) is 9.59 Å². The Morgan fingerprint density at radius 2 is 1.84 bits per heavy atom. The molecule has 32 heavy (non-hydrogen) atoms. The molecule has 0 aliphatic carbocycles. The van der Waals surface area contributed by atoms with Gasteiger partial charge in [0.05, 0.1) is 12.7 Å². The number of nitrogens with zero attached hydrogens (tertiary/aromatic N) is 1. The van der Waals surface area contributed by atoms with E-state index >= 15 is 0 Å². The van der Waals surface area contributed by atoms with Gasteiger partial charge in [0.1, 0.15) is 6.04 Å². The number of fused-ring (bicyclic) bond motifs is 1. The second-order valence-corrected chi connectivity index (χ2v) is 8.92. The molecule has 0 N–H and O–H groups in total. The number of carbonyl (C=O) groups is 2. The third-order valence-corrected chi connectivity index (χ3v) is 6.88. The molecule has 2 aromatic carbocycles. The molecule has 1 aromatic heterocycles. The van der Waals surface area contributed by atoms with Crippen molar-refractivity contribution in [2.75, 3.05) is 13.7 Å². The van der Waals surface area contributed by atoms with Gasteiger partial charge in [0, 0.05) is 23.0 Å². The van der Waals surface area contributed by atoms with Crippen LogP contribution in [0.3, 0.4) is 0 Å². The fourth-order valence-corrected chi connectivity index (χ4v) is 5.04. The molecule has 7 heteroatoms. The Kier molecular flexibility index (Phi) is 6.74. The Labute approximate surface area is 195 Å². The first-order valence-electron chi connectivity index (χ1n) is 10.1. The minimum atomic E-state index is -0.606. The van der Waals surface area contributed by atoms with E-state index in [-0.39, 0.29) is 5.97 Å². The molecule has 1 aliphatic rings. The maximum atomic E-state index is 12.6. The summed E-state index contributed by atoms with van der Waals surface area (Å²) in [5.41, 5.74) is 2.77. The maximum absolute atomic E-state index is 12.6. The number of thiophene rings is 1. The fraction of sp³-hybridized carbons (Fsp3) is 0.200. The number of halogens is 1. The summed E-state index contributed by atoms with van der Waals surface area (Å²) in [6.07, 6.45) is 0.731. The molecule has 4 rings (SSSR count). The van der Waals surface area contributed by atoms with Gasteiger partial charge in [-0.15, -0.1) is 11.3 Å². The third-order valence-electron chi connectivity index (χ3n) is 5.42. The van der Waals surface area contributed by atoms with E-state index in [0.29, 0.717) is 34.3 Å². The molecule has 1 atom stereocenters. The van der Waals surface area contributed by atoms with Crippen molar-refractivity contribution >= 4 is 40.4 Å². The van der Waals surface area contributed by atoms with Gasteiger partial charge in [0.25, 0.3) is 0 Å². The summed E-state index contributed by atoms with van der Waals surface area (Å²) in [5.74, 6) is -0.835. The van der Waals surface area contributed by atoms with Gasteiger partial charge in [-0.3, -0.25) is 4.90 Å². The van der Waals surface area contributed by atoms with Gasteiger partial charge in [-0.05, 0) is 35.2 Å². The number of esters is 2. The molecule has 0 saturated carbocycles. The zero-order valence-electron chi connectivity index (χ0n) is 17.5. The lowest BCUT2D eigenvalue weighted by molar-refractivity contribution is -0.147. The molecule has 164 valence electrons. The Bertz CT molecular complexity index is 1160. The molecule has 1 aliphatic heterocycles. The Morgan fingerprint density at radius 3 is 2.56 bits per heavy atom. The van der Waals surface area contributed by atoms with Crippen molar-refractivity contribution in [3.63, 3.8) is 0 Å². The highest BCUT2D eigenvalue weighted by Crippen LogP contribution is 2.38. The van der Waals surface area contributed by atoms with Gasteiger partial charge >= 0.3 is 11.9 Å². The number of benzene rings is 2. The maximum Gasteiger partial charge on any atom is 0.344 e. The van der Waals surface area contributed by atoms with Crippen LogP contribution in [0.4, 0.5) is 0 Å². The average Bonchev–Trinajstić information content (AvgIpc) is 3.22. The molecule has 5 nitrogen and oxygen atoms in total. The van der Waals surface area contributed by atoms with Crippen LogP contribution in [0, 0.1) is 0 Å². The molecule has 0 unspecified atom stereocenters. The molecule has 0 saturated heterocycles. The van der Waals surface area contributed by atoms with Crippen LogP contribution in [0.1, 0.15) is 27.6 Å². The SMILES string of the molecule is C=C(C(=O)Oc1cc2c(s1)CCN([C@H](C(=O)OC)c1ccccc1Cl)C2)c1ccccc1. The highest BCUT2D eigenvalue weighted by molar-refractivity contribution is 7.14. The minimum Gasteiger partial charge on any atom is -0.468 e. The summed E-state index contributed by atoms with van der Waals surface area (Å²) in [6, 6.07) is 17.8. The van der Waals surface area contributed by atoms with Crippen molar-refractivity contribution in [3.8, 4) is 5.06 Å². The smallest absolute Gasteiger partial charge is 0.344 e. The molecule has 0 bridgehead atoms. The van der Waals surface area contributed by atoms with E-state index in [4.69, 9.17) is 21.1 Å². The van der Waals surface area contributed by atoms with Crippen LogP contribution in [0.15, 0.2) is 67.2 Å². The van der Waals surface area contributed by atoms with Crippen molar-refractivity contribution < 1.29 is 19.1 Å². The van der Waals surface area contributed by atoms with Crippen LogP contribution in [0.25, 0.3) is 5.57 Å². The lowest BCUT2D eigenvalue weighted by Gasteiger charge is -2.33. The van der Waals surface area contributed by atoms with Crippen molar-refractivity contribution in [1.82, 2.24) is 4.90 Å². The lowest BCUT2D eigenvalue weighted by atomic mass is 10.0. The van der Waals surface area contributed by atoms with Crippen LogP contribution >= 0.6 is 22.9 Å². The molecule has 0 radical (unpaired) electrons. The number of methoxy groups -OCH3 is 1. The van der Waals surface area contributed by atoms with Crippen molar-refractivity contribution in [2.24, 2.45) is 0 Å². The first-order chi connectivity index (χ1) is 15.5. The third kappa shape index (κ3) is 4.63. The zero-order chi connectivity index (χ0) is 22.7. The fourth-order valence-electron chi connectivity index (χ4n) is 3.79. The number of rotatable bonds is 6. The van der Waals surface area contributed by atoms with Crippen LogP contribution in [0.5, 0.6) is 5.06 Å². The predicted molar refractivity (Wildman–Crippen MR) is 126 cm³/mol. The van der Waals surface area contributed by atoms with E-state index in [0.717, 1.165) is 22.4 Å². The quantitative estimate of drug-likeness (QED) is 0.364. The molecule has 0 spiro atoms. The van der Waals surface area contributed by atoms with Crippen LogP contribution in [-0.2, 0) is 27.3 Å². The van der Waals surface area contributed by atoms with E-state index in [2.05, 4.69) is 6.58 Å². The van der Waals surface area contributed by atoms with E-state index < -0.39 is 12.0 Å². The van der Waals surface area contributed by atoms with Crippen molar-refractivity contribution in [2.45, 2.75) is 19.0 Å². The van der Waals surface area contributed by atoms with Crippen LogP contribution < -0.4 is 4.74 Å². The average molecular weight is 468 g/mol. The standard InChI is InChI=1S/C25H22ClNO4S/c1-16(17-8-4-3-5-9-17)24(28)31-22-14-18-15-27(13-12-21(18)32-22)23(25(29)30-2)19-10-6-7-11-20(19)26/h3-11,14,23H,1,12-13,15H2,2H3/t23-/m0/s1. The van der Waals surface area contributed by atoms with Gasteiger partial charge in [-0.2, -0.15) is 0 Å². The summed E-state index contributed by atoms with van der Waals surface area (Å²) in [5, 5.41) is 1.04. The second kappa shape index (κ2) is 9.69. The van der Waals surface area contributed by atoms with Gasteiger partial charge in [0.2, 0.25) is 0 Å². The van der Waals surface area contributed by atoms with E-state index in [1.54, 1.807) is 6.07 Å². The molecule has 3 aromatic rings. The van der Waals surface area contributed by atoms with E-state index in [1.165, 1.54) is 18.4 Å². The Morgan fingerprint density at radius 1 is 1.12 bits per heavy atom. The van der Waals surface area contributed by atoms with Crippen LogP contribution in [-0.4, -0.2) is 30.5 Å².